The summed E-state index contributed by atoms with van der Waals surface area (Å²) in [6.45, 7) is 0. The smallest absolute Gasteiger partial charge is 0.299 e. The summed E-state index contributed by atoms with van der Waals surface area (Å²) in [5, 5.41) is 0.486. The molecule has 0 atom stereocenters. The van der Waals surface area contributed by atoms with Crippen LogP contribution in [0.1, 0.15) is 0 Å². The Morgan fingerprint density at radius 3 is 1.75 bits per heavy atom. The number of carbonyl (C=O) groups is 1. The van der Waals surface area contributed by atoms with Crippen LogP contribution in [0.4, 0.5) is 0 Å². The summed E-state index contributed by atoms with van der Waals surface area (Å²) in [5.74, 6) is 0.883. The molecule has 0 N–H and O–H groups in total. The van der Waals surface area contributed by atoms with Gasteiger partial charge in [0.25, 0.3) is 0 Å². The van der Waals surface area contributed by atoms with Crippen LogP contribution in [0.2, 0.25) is 0 Å². The van der Waals surface area contributed by atoms with Gasteiger partial charge < -0.3 is 0 Å². The molecule has 3 heteroatoms. The third-order valence-electron chi connectivity index (χ3n) is 1.71. The van der Waals surface area contributed by atoms with E-state index in [0.717, 1.165) is 5.92 Å². The fraction of sp³-hybridized carbons (Fsp3) is 0. The Balaban J connectivity index is 0.000000318. The number of allylic oxidation sites excluding steroid dienone is 2. The Labute approximate surface area is 114 Å². The van der Waals surface area contributed by atoms with Gasteiger partial charge in [-0.3, -0.25) is 4.79 Å². The van der Waals surface area contributed by atoms with E-state index in [9.17, 15) is 4.79 Å². The summed E-state index contributed by atoms with van der Waals surface area (Å²) in [5.41, 5.74) is 0. The van der Waals surface area contributed by atoms with Gasteiger partial charge in [-0.2, -0.15) is 0 Å². The van der Waals surface area contributed by atoms with Crippen molar-refractivity contribution in [2.24, 2.45) is 0 Å². The van der Waals surface area contributed by atoms with Gasteiger partial charge >= 0.3 is 17.1 Å². The maximum Gasteiger partial charge on any atom is 2.00 e. The van der Waals surface area contributed by atoms with Crippen LogP contribution in [0.15, 0.2) is 11.1 Å². The Morgan fingerprint density at radius 2 is 1.38 bits per heavy atom. The van der Waals surface area contributed by atoms with Crippen molar-refractivity contribution < 1.29 is 21.9 Å². The van der Waals surface area contributed by atoms with Gasteiger partial charge in [-0.1, -0.05) is 11.6 Å². The van der Waals surface area contributed by atoms with Crippen LogP contribution in [0.3, 0.4) is 0 Å². The molecule has 0 heterocycles. The Hall–Kier alpha value is 0.219. The van der Waals surface area contributed by atoms with Crippen molar-refractivity contribution in [3.8, 4) is 0 Å². The molecule has 2 rings (SSSR count). The van der Waals surface area contributed by atoms with Crippen molar-refractivity contribution >= 4 is 17.9 Å². The second-order valence-corrected chi connectivity index (χ2v) is 3.19. The van der Waals surface area contributed by atoms with E-state index in [1.807, 2.05) is 57.8 Å². The SMILES string of the molecule is O=C/C=C(/Cl)[C]1[CH][CH][CH][CH]1.[CH]1[CH][CH][CH][CH]1.[Fe+2]. The van der Waals surface area contributed by atoms with Gasteiger partial charge in [0.05, 0.1) is 0 Å². The minimum Gasteiger partial charge on any atom is -0.299 e. The van der Waals surface area contributed by atoms with E-state index in [1.165, 1.54) is 6.08 Å². The van der Waals surface area contributed by atoms with Crippen LogP contribution in [-0.4, -0.2) is 6.29 Å². The Bertz CT molecular complexity index is 198. The van der Waals surface area contributed by atoms with E-state index in [2.05, 4.69) is 0 Å². The van der Waals surface area contributed by atoms with Crippen molar-refractivity contribution in [3.63, 3.8) is 0 Å². The predicted octanol–water partition coefficient (Wildman–Crippen LogP) is 2.73. The minimum absolute atomic E-state index is 0. The standard InChI is InChI=1S/C8H6ClO.C5H5.Fe/c9-8(5-6-10)7-3-1-2-4-7;1-2-4-5-3-1;/h1-6H;1-5H;/q;;+2/b8-5+;;. The van der Waals surface area contributed by atoms with Crippen molar-refractivity contribution in [1.29, 1.82) is 0 Å². The second-order valence-electron chi connectivity index (χ2n) is 2.79. The van der Waals surface area contributed by atoms with Crippen molar-refractivity contribution in [2.75, 3.05) is 0 Å². The molecule has 0 unspecified atom stereocenters. The molecule has 2 fully saturated rings. The summed E-state index contributed by atoms with van der Waals surface area (Å²) in [6.07, 6.45) is 19.4. The number of carbonyl (C=O) groups excluding carboxylic acids is 1. The number of hydrogen-bond donors (Lipinski definition) is 0. The van der Waals surface area contributed by atoms with Gasteiger partial charge in [0.2, 0.25) is 0 Å². The quantitative estimate of drug-likeness (QED) is 0.430. The van der Waals surface area contributed by atoms with E-state index in [1.54, 1.807) is 0 Å². The molecule has 0 amide bonds. The monoisotopic (exact) mass is 274 g/mol. The fourth-order valence-electron chi connectivity index (χ4n) is 1.01. The van der Waals surface area contributed by atoms with E-state index >= 15 is 0 Å². The van der Waals surface area contributed by atoms with Gasteiger partial charge in [0, 0.05) is 11.0 Å². The summed E-state index contributed by atoms with van der Waals surface area (Å²) >= 11 is 5.68. The van der Waals surface area contributed by atoms with Crippen molar-refractivity contribution in [3.05, 3.63) is 74.8 Å². The average molecular weight is 275 g/mol. The van der Waals surface area contributed by atoms with E-state index in [-0.39, 0.29) is 17.1 Å². The normalized spacial score (nSPS) is 20.9. The molecule has 2 aliphatic carbocycles. The predicted molar refractivity (Wildman–Crippen MR) is 61.9 cm³/mol. The van der Waals surface area contributed by atoms with Gasteiger partial charge in [-0.05, 0) is 63.9 Å². The van der Waals surface area contributed by atoms with Crippen LogP contribution < -0.4 is 0 Å². The van der Waals surface area contributed by atoms with Crippen LogP contribution >= 0.6 is 11.6 Å². The number of rotatable bonds is 2. The number of hydrogen-bond acceptors (Lipinski definition) is 1. The molecular weight excluding hydrogens is 263 g/mol. The molecule has 10 radical (unpaired) electrons. The molecule has 0 aromatic heterocycles. The van der Waals surface area contributed by atoms with Crippen molar-refractivity contribution in [1.82, 2.24) is 0 Å². The number of halogens is 1. The summed E-state index contributed by atoms with van der Waals surface area (Å²) in [7, 11) is 0. The molecule has 0 spiro atoms. The van der Waals surface area contributed by atoms with E-state index < -0.39 is 0 Å². The molecular formula is C13H11ClFeO+2. The first-order chi connectivity index (χ1) is 7.34. The Kier molecular flexibility index (Phi) is 10.5. The molecule has 16 heavy (non-hydrogen) atoms. The molecule has 2 saturated carbocycles. The molecule has 82 valence electrons. The molecule has 0 aromatic carbocycles. The maximum absolute atomic E-state index is 9.95. The largest absolute Gasteiger partial charge is 2.00 e. The molecule has 0 bridgehead atoms. The molecule has 0 aliphatic heterocycles. The summed E-state index contributed by atoms with van der Waals surface area (Å²) in [6, 6.07) is 0. The third-order valence-corrected chi connectivity index (χ3v) is 2.05. The van der Waals surface area contributed by atoms with Gasteiger partial charge in [0.1, 0.15) is 6.29 Å². The van der Waals surface area contributed by atoms with Gasteiger partial charge in [0.15, 0.2) is 0 Å². The fourth-order valence-corrected chi connectivity index (χ4v) is 1.19. The van der Waals surface area contributed by atoms with Crippen LogP contribution in [0, 0.1) is 63.7 Å². The minimum atomic E-state index is 0. The van der Waals surface area contributed by atoms with Gasteiger partial charge in [-0.25, -0.2) is 0 Å². The zero-order valence-corrected chi connectivity index (χ0v) is 10.4. The van der Waals surface area contributed by atoms with E-state index in [4.69, 9.17) is 11.6 Å². The molecule has 1 nitrogen and oxygen atoms in total. The van der Waals surface area contributed by atoms with Crippen LogP contribution in [-0.2, 0) is 21.9 Å². The summed E-state index contributed by atoms with van der Waals surface area (Å²) < 4.78 is 0. The second kappa shape index (κ2) is 10.4. The Morgan fingerprint density at radius 1 is 0.938 bits per heavy atom. The first kappa shape index (κ1) is 16.2. The maximum atomic E-state index is 9.95. The third kappa shape index (κ3) is 6.73. The number of aldehydes is 1. The zero-order valence-electron chi connectivity index (χ0n) is 8.49. The summed E-state index contributed by atoms with van der Waals surface area (Å²) in [4.78, 5) is 9.95. The molecule has 0 aromatic rings. The van der Waals surface area contributed by atoms with Crippen LogP contribution in [0.25, 0.3) is 0 Å². The van der Waals surface area contributed by atoms with Crippen molar-refractivity contribution in [2.45, 2.75) is 0 Å². The van der Waals surface area contributed by atoms with Gasteiger partial charge in [-0.15, -0.1) is 0 Å². The average Bonchev–Trinajstić information content (AvgIpc) is 2.95. The zero-order chi connectivity index (χ0) is 10.9. The first-order valence-corrected chi connectivity index (χ1v) is 4.92. The molecule has 0 saturated heterocycles. The topological polar surface area (TPSA) is 17.1 Å². The molecule has 2 aliphatic rings. The van der Waals surface area contributed by atoms with E-state index in [0.29, 0.717) is 11.3 Å². The first-order valence-electron chi connectivity index (χ1n) is 4.54. The van der Waals surface area contributed by atoms with Crippen LogP contribution in [0.5, 0.6) is 0 Å².